The molecule has 0 saturated carbocycles. The Morgan fingerprint density at radius 3 is 2.58 bits per heavy atom. The number of amides is 1. The Hall–Kier alpha value is -2.53. The van der Waals surface area contributed by atoms with Gasteiger partial charge in [-0.25, -0.2) is 4.79 Å². The van der Waals surface area contributed by atoms with E-state index in [-0.39, 0.29) is 6.23 Å². The average molecular weight is 353 g/mol. The van der Waals surface area contributed by atoms with Crippen LogP contribution in [0, 0.1) is 6.92 Å². The number of primary amides is 1. The number of hydrogen-bond acceptors (Lipinski definition) is 4. The summed E-state index contributed by atoms with van der Waals surface area (Å²) in [6.07, 6.45) is 1.63. The second kappa shape index (κ2) is 8.72. The van der Waals surface area contributed by atoms with Crippen LogP contribution in [0.4, 0.5) is 10.5 Å². The Labute approximate surface area is 155 Å². The number of likely N-dealkylation sites (tertiary alicyclic amines) is 1. The first-order chi connectivity index (χ1) is 12.6. The zero-order valence-corrected chi connectivity index (χ0v) is 15.2. The molecule has 138 valence electrons. The van der Waals surface area contributed by atoms with Gasteiger partial charge in [-0.1, -0.05) is 42.5 Å². The summed E-state index contributed by atoms with van der Waals surface area (Å²) in [6, 6.07) is 18.9. The van der Waals surface area contributed by atoms with Crippen LogP contribution >= 0.6 is 0 Å². The van der Waals surface area contributed by atoms with Gasteiger partial charge < -0.3 is 15.8 Å². The molecule has 1 unspecified atom stereocenters. The molecule has 5 nitrogen and oxygen atoms in total. The van der Waals surface area contributed by atoms with E-state index in [1.165, 1.54) is 5.56 Å². The van der Waals surface area contributed by atoms with Crippen LogP contribution in [0.2, 0.25) is 0 Å². The van der Waals surface area contributed by atoms with E-state index in [9.17, 15) is 4.79 Å². The molecule has 2 aromatic carbocycles. The lowest BCUT2D eigenvalue weighted by molar-refractivity contribution is -0.0198. The Kier molecular flexibility index (Phi) is 6.12. The highest BCUT2D eigenvalue weighted by Crippen LogP contribution is 2.21. The number of carbonyl (C=O) groups excluding carboxylic acids is 1. The van der Waals surface area contributed by atoms with E-state index < -0.39 is 6.09 Å². The van der Waals surface area contributed by atoms with Gasteiger partial charge >= 0.3 is 6.09 Å². The molecule has 0 aromatic heterocycles. The van der Waals surface area contributed by atoms with Gasteiger partial charge in [-0.2, -0.15) is 0 Å². The molecule has 1 saturated heterocycles. The van der Waals surface area contributed by atoms with Crippen LogP contribution < -0.4 is 11.1 Å². The fraction of sp³-hybridized carbons (Fsp3) is 0.381. The molecule has 1 atom stereocenters. The summed E-state index contributed by atoms with van der Waals surface area (Å²) in [5.41, 5.74) is 8.85. The Bertz CT molecular complexity index is 712. The lowest BCUT2D eigenvalue weighted by Gasteiger charge is -2.37. The van der Waals surface area contributed by atoms with Gasteiger partial charge in [0, 0.05) is 31.2 Å². The van der Waals surface area contributed by atoms with Crippen LogP contribution in [-0.4, -0.2) is 36.4 Å². The summed E-state index contributed by atoms with van der Waals surface area (Å²) in [7, 11) is 0. The van der Waals surface area contributed by atoms with Gasteiger partial charge in [0.2, 0.25) is 0 Å². The molecule has 0 bridgehead atoms. The molecule has 1 aliphatic heterocycles. The van der Waals surface area contributed by atoms with Crippen LogP contribution in [0.3, 0.4) is 0 Å². The maximum absolute atomic E-state index is 11.3. The van der Waals surface area contributed by atoms with Crippen LogP contribution in [-0.2, 0) is 11.2 Å². The number of carbonyl (C=O) groups is 1. The second-order valence-electron chi connectivity index (χ2n) is 6.91. The maximum atomic E-state index is 11.3. The molecule has 3 N–H and O–H groups in total. The normalized spacial score (nSPS) is 16.8. The van der Waals surface area contributed by atoms with E-state index >= 15 is 0 Å². The minimum Gasteiger partial charge on any atom is -0.430 e. The number of hydrogen-bond donors (Lipinski definition) is 2. The Balaban J connectivity index is 1.57. The summed E-state index contributed by atoms with van der Waals surface area (Å²) < 4.78 is 5.41. The third-order valence-electron chi connectivity index (χ3n) is 4.83. The molecule has 0 spiro atoms. The topological polar surface area (TPSA) is 67.6 Å². The highest BCUT2D eigenvalue weighted by Gasteiger charge is 2.27. The quantitative estimate of drug-likeness (QED) is 0.834. The summed E-state index contributed by atoms with van der Waals surface area (Å²) in [5, 5.41) is 3.61. The van der Waals surface area contributed by atoms with Crippen molar-refractivity contribution in [2.24, 2.45) is 5.73 Å². The van der Waals surface area contributed by atoms with Crippen molar-refractivity contribution in [3.63, 3.8) is 0 Å². The van der Waals surface area contributed by atoms with Gasteiger partial charge in [-0.15, -0.1) is 0 Å². The van der Waals surface area contributed by atoms with Crippen molar-refractivity contribution in [3.8, 4) is 0 Å². The van der Waals surface area contributed by atoms with Crippen LogP contribution in [0.5, 0.6) is 0 Å². The predicted octanol–water partition coefficient (Wildman–Crippen LogP) is 3.54. The number of ether oxygens (including phenoxy) is 1. The monoisotopic (exact) mass is 353 g/mol. The van der Waals surface area contributed by atoms with Crippen LogP contribution in [0.15, 0.2) is 54.6 Å². The predicted molar refractivity (Wildman–Crippen MR) is 104 cm³/mol. The number of nitrogens with zero attached hydrogens (tertiary/aromatic N) is 1. The number of piperidine rings is 1. The fourth-order valence-electron chi connectivity index (χ4n) is 3.50. The van der Waals surface area contributed by atoms with Crippen molar-refractivity contribution in [2.75, 3.05) is 18.4 Å². The molecular weight excluding hydrogens is 326 g/mol. The number of aryl methyl sites for hydroxylation is 1. The van der Waals surface area contributed by atoms with Crippen molar-refractivity contribution in [2.45, 2.75) is 38.5 Å². The SMILES string of the molecule is Cc1cccc(NC2CCN(C(Cc3ccccc3)OC(N)=O)CC2)c1. The molecule has 26 heavy (non-hydrogen) atoms. The van der Waals surface area contributed by atoms with Crippen molar-refractivity contribution in [1.82, 2.24) is 4.90 Å². The fourth-order valence-corrected chi connectivity index (χ4v) is 3.50. The summed E-state index contributed by atoms with van der Waals surface area (Å²) >= 11 is 0. The zero-order valence-electron chi connectivity index (χ0n) is 15.2. The first-order valence-electron chi connectivity index (χ1n) is 9.17. The third-order valence-corrected chi connectivity index (χ3v) is 4.83. The molecule has 1 amide bonds. The first-order valence-corrected chi connectivity index (χ1v) is 9.17. The number of anilines is 1. The number of rotatable bonds is 6. The van der Waals surface area contributed by atoms with Crippen molar-refractivity contribution in [3.05, 3.63) is 65.7 Å². The van der Waals surface area contributed by atoms with Crippen molar-refractivity contribution < 1.29 is 9.53 Å². The summed E-state index contributed by atoms with van der Waals surface area (Å²) in [5.74, 6) is 0. The number of benzene rings is 2. The third kappa shape index (κ3) is 5.23. The maximum Gasteiger partial charge on any atom is 0.406 e. The molecule has 1 aliphatic rings. The standard InChI is InChI=1S/C21H27N3O2/c1-16-6-5-9-19(14-16)23-18-10-12-24(13-11-18)20(26-21(22)25)15-17-7-3-2-4-8-17/h2-9,14,18,20,23H,10-13,15H2,1H3,(H2,22,25). The molecular formula is C21H27N3O2. The first kappa shape index (κ1) is 18.3. The highest BCUT2D eigenvalue weighted by molar-refractivity contribution is 5.64. The van der Waals surface area contributed by atoms with Crippen LogP contribution in [0.25, 0.3) is 0 Å². The molecule has 0 aliphatic carbocycles. The number of nitrogens with two attached hydrogens (primary N) is 1. The molecule has 5 heteroatoms. The van der Waals surface area contributed by atoms with Gasteiger partial charge in [0.25, 0.3) is 0 Å². The van der Waals surface area contributed by atoms with E-state index in [1.54, 1.807) is 0 Å². The molecule has 3 rings (SSSR count). The Morgan fingerprint density at radius 2 is 1.92 bits per heavy atom. The van der Waals surface area contributed by atoms with E-state index in [2.05, 4.69) is 41.4 Å². The zero-order chi connectivity index (χ0) is 18.4. The molecule has 0 radical (unpaired) electrons. The molecule has 1 fully saturated rings. The number of nitrogens with one attached hydrogen (secondary N) is 1. The largest absolute Gasteiger partial charge is 0.430 e. The van der Waals surface area contributed by atoms with Crippen molar-refractivity contribution >= 4 is 11.8 Å². The van der Waals surface area contributed by atoms with Gasteiger partial charge in [0.1, 0.15) is 0 Å². The lowest BCUT2D eigenvalue weighted by Crippen LogP contribution is -2.47. The smallest absolute Gasteiger partial charge is 0.406 e. The summed E-state index contributed by atoms with van der Waals surface area (Å²) in [6.45, 7) is 3.84. The van der Waals surface area contributed by atoms with Crippen molar-refractivity contribution in [1.29, 1.82) is 0 Å². The van der Waals surface area contributed by atoms with E-state index in [0.29, 0.717) is 12.5 Å². The highest BCUT2D eigenvalue weighted by atomic mass is 16.6. The second-order valence-corrected chi connectivity index (χ2v) is 6.91. The van der Waals surface area contributed by atoms with Gasteiger partial charge in [0.05, 0.1) is 0 Å². The minimum absolute atomic E-state index is 0.310. The molecule has 1 heterocycles. The van der Waals surface area contributed by atoms with E-state index in [0.717, 1.165) is 37.2 Å². The van der Waals surface area contributed by atoms with E-state index in [4.69, 9.17) is 10.5 Å². The average Bonchev–Trinajstić information content (AvgIpc) is 2.62. The van der Waals surface area contributed by atoms with E-state index in [1.807, 2.05) is 30.3 Å². The minimum atomic E-state index is -0.717. The summed E-state index contributed by atoms with van der Waals surface area (Å²) in [4.78, 5) is 13.6. The lowest BCUT2D eigenvalue weighted by atomic mass is 10.0. The Morgan fingerprint density at radius 1 is 1.19 bits per heavy atom. The van der Waals surface area contributed by atoms with Gasteiger partial charge in [-0.05, 0) is 43.0 Å². The van der Waals surface area contributed by atoms with Crippen LogP contribution in [0.1, 0.15) is 24.0 Å². The van der Waals surface area contributed by atoms with Gasteiger partial charge in [-0.3, -0.25) is 4.90 Å². The van der Waals surface area contributed by atoms with Gasteiger partial charge in [0.15, 0.2) is 6.23 Å². The molecule has 2 aromatic rings.